The largest absolute Gasteiger partial charge is 0.353 e. The molecule has 2 rings (SSSR count). The Balaban J connectivity index is 2.03. The second-order valence-electron chi connectivity index (χ2n) is 4.52. The van der Waals surface area contributed by atoms with Crippen LogP contribution in [0.5, 0.6) is 0 Å². The average Bonchev–Trinajstić information content (AvgIpc) is 2.76. The van der Waals surface area contributed by atoms with Crippen molar-refractivity contribution in [2.75, 3.05) is 19.6 Å². The van der Waals surface area contributed by atoms with E-state index in [-0.39, 0.29) is 17.7 Å². The topological polar surface area (TPSA) is 49.4 Å². The molecule has 1 aliphatic rings. The van der Waals surface area contributed by atoms with Crippen molar-refractivity contribution in [2.45, 2.75) is 26.3 Å². The van der Waals surface area contributed by atoms with Gasteiger partial charge >= 0.3 is 0 Å². The van der Waals surface area contributed by atoms with E-state index in [1.807, 2.05) is 30.9 Å². The highest BCUT2D eigenvalue weighted by Crippen LogP contribution is 2.17. The van der Waals surface area contributed by atoms with Gasteiger partial charge in [-0.15, -0.1) is 11.3 Å². The predicted octanol–water partition coefficient (Wildman–Crippen LogP) is 1.45. The van der Waals surface area contributed by atoms with Crippen LogP contribution in [0.4, 0.5) is 0 Å². The first-order valence-corrected chi connectivity index (χ1v) is 7.05. The van der Waals surface area contributed by atoms with Crippen molar-refractivity contribution < 1.29 is 9.59 Å². The van der Waals surface area contributed by atoms with Crippen molar-refractivity contribution in [1.82, 2.24) is 10.2 Å². The molecule has 0 spiro atoms. The number of nitrogens with zero attached hydrogens (tertiary/aromatic N) is 1. The zero-order chi connectivity index (χ0) is 13.1. The third-order valence-electron chi connectivity index (χ3n) is 3.19. The monoisotopic (exact) mass is 266 g/mol. The van der Waals surface area contributed by atoms with Gasteiger partial charge in [0.25, 0.3) is 0 Å². The van der Waals surface area contributed by atoms with Crippen LogP contribution in [0.1, 0.15) is 27.9 Å². The van der Waals surface area contributed by atoms with Crippen LogP contribution in [-0.2, 0) is 4.79 Å². The molecule has 0 radical (unpaired) electrons. The molecule has 0 bridgehead atoms. The number of hydrogen-bond donors (Lipinski definition) is 1. The number of hydrogen-bond acceptors (Lipinski definition) is 4. The molecule has 1 aromatic heterocycles. The highest BCUT2D eigenvalue weighted by Gasteiger charge is 2.29. The van der Waals surface area contributed by atoms with Crippen molar-refractivity contribution in [3.8, 4) is 0 Å². The molecule has 1 aliphatic heterocycles. The van der Waals surface area contributed by atoms with E-state index < -0.39 is 0 Å². The number of nitrogens with one attached hydrogen (secondary N) is 1. The van der Waals surface area contributed by atoms with Gasteiger partial charge in [-0.1, -0.05) is 6.92 Å². The molecule has 0 aromatic carbocycles. The molecule has 1 amide bonds. The first kappa shape index (κ1) is 13.2. The molecule has 5 heteroatoms. The van der Waals surface area contributed by atoms with Crippen LogP contribution in [0.25, 0.3) is 0 Å². The molecule has 1 saturated heterocycles. The van der Waals surface area contributed by atoms with E-state index in [9.17, 15) is 9.59 Å². The summed E-state index contributed by atoms with van der Waals surface area (Å²) in [5.74, 6) is 0.153. The number of carbonyl (C=O) groups is 2. The molecule has 4 nitrogen and oxygen atoms in total. The highest BCUT2D eigenvalue weighted by atomic mass is 32.1. The van der Waals surface area contributed by atoms with Crippen LogP contribution >= 0.6 is 11.3 Å². The number of piperazine rings is 1. The lowest BCUT2D eigenvalue weighted by atomic mass is 10.1. The van der Waals surface area contributed by atoms with E-state index in [1.165, 1.54) is 11.3 Å². The molecular weight excluding hydrogens is 248 g/mol. The first-order valence-electron chi connectivity index (χ1n) is 6.23. The number of Topliss-reactive ketones (excluding diaryl/α,β-unsaturated/α-hetero) is 1. The quantitative estimate of drug-likeness (QED) is 0.839. The Morgan fingerprint density at radius 1 is 1.56 bits per heavy atom. The summed E-state index contributed by atoms with van der Waals surface area (Å²) in [6.45, 7) is 5.69. The van der Waals surface area contributed by atoms with Gasteiger partial charge in [0, 0.05) is 18.0 Å². The number of rotatable bonds is 4. The summed E-state index contributed by atoms with van der Waals surface area (Å²) in [7, 11) is 0. The van der Waals surface area contributed by atoms with Gasteiger partial charge in [-0.3, -0.25) is 14.5 Å². The highest BCUT2D eigenvalue weighted by molar-refractivity contribution is 7.14. The van der Waals surface area contributed by atoms with Gasteiger partial charge < -0.3 is 5.32 Å². The molecule has 0 aliphatic carbocycles. The Morgan fingerprint density at radius 3 is 2.94 bits per heavy atom. The maximum absolute atomic E-state index is 12.1. The minimum Gasteiger partial charge on any atom is -0.353 e. The van der Waals surface area contributed by atoms with Crippen LogP contribution < -0.4 is 5.32 Å². The summed E-state index contributed by atoms with van der Waals surface area (Å²) < 4.78 is 0. The molecular formula is C13H18N2O2S. The van der Waals surface area contributed by atoms with Crippen molar-refractivity contribution in [2.24, 2.45) is 0 Å². The number of thiophene rings is 1. The van der Waals surface area contributed by atoms with E-state index in [1.54, 1.807) is 0 Å². The number of carbonyl (C=O) groups excluding carboxylic acids is 2. The third kappa shape index (κ3) is 2.79. The van der Waals surface area contributed by atoms with Gasteiger partial charge in [0.1, 0.15) is 0 Å². The molecule has 1 aromatic rings. The lowest BCUT2D eigenvalue weighted by molar-refractivity contribution is -0.128. The summed E-state index contributed by atoms with van der Waals surface area (Å²) in [6.07, 6.45) is 0.739. The van der Waals surface area contributed by atoms with Gasteiger partial charge in [-0.2, -0.15) is 0 Å². The summed E-state index contributed by atoms with van der Waals surface area (Å²) in [4.78, 5) is 27.7. The minimum absolute atomic E-state index is 0.0407. The minimum atomic E-state index is -0.163. The molecule has 98 valence electrons. The maximum Gasteiger partial charge on any atom is 0.237 e. The van der Waals surface area contributed by atoms with Crippen LogP contribution in [0.2, 0.25) is 0 Å². The summed E-state index contributed by atoms with van der Waals surface area (Å²) in [6, 6.07) is 3.66. The van der Waals surface area contributed by atoms with Gasteiger partial charge in [-0.05, 0) is 25.5 Å². The molecule has 1 atom stereocenters. The Bertz CT molecular complexity index is 456. The van der Waals surface area contributed by atoms with Crippen molar-refractivity contribution in [1.29, 1.82) is 0 Å². The van der Waals surface area contributed by atoms with Crippen LogP contribution in [-0.4, -0.2) is 42.3 Å². The van der Waals surface area contributed by atoms with Crippen molar-refractivity contribution in [3.63, 3.8) is 0 Å². The standard InChI is InChI=1S/C13H18N2O2S/c1-3-10-13(17)14-6-7-15(10)8-11(16)12-5-4-9(2)18-12/h4-5,10H,3,6-8H2,1-2H3,(H,14,17). The van der Waals surface area contributed by atoms with Crippen molar-refractivity contribution >= 4 is 23.0 Å². The van der Waals surface area contributed by atoms with Gasteiger partial charge in [0.15, 0.2) is 5.78 Å². The zero-order valence-electron chi connectivity index (χ0n) is 10.7. The Hall–Kier alpha value is -1.20. The Morgan fingerprint density at radius 2 is 2.33 bits per heavy atom. The second-order valence-corrected chi connectivity index (χ2v) is 5.81. The van der Waals surface area contributed by atoms with Gasteiger partial charge in [0.2, 0.25) is 5.91 Å². The van der Waals surface area contributed by atoms with Crippen LogP contribution in [0, 0.1) is 6.92 Å². The summed E-state index contributed by atoms with van der Waals surface area (Å²) >= 11 is 1.52. The Labute approximate surface area is 111 Å². The number of amides is 1. The second kappa shape index (κ2) is 5.63. The van der Waals surface area contributed by atoms with Crippen LogP contribution in [0.15, 0.2) is 12.1 Å². The SMILES string of the molecule is CCC1C(=O)NCCN1CC(=O)c1ccc(C)s1. The van der Waals surface area contributed by atoms with Gasteiger partial charge in [-0.25, -0.2) is 0 Å². The average molecular weight is 266 g/mol. The molecule has 1 fully saturated rings. The van der Waals surface area contributed by atoms with E-state index in [0.29, 0.717) is 13.1 Å². The fourth-order valence-corrected chi connectivity index (χ4v) is 3.04. The third-order valence-corrected chi connectivity index (χ3v) is 4.23. The Kier molecular flexibility index (Phi) is 4.14. The smallest absolute Gasteiger partial charge is 0.237 e. The predicted molar refractivity (Wildman–Crippen MR) is 72.0 cm³/mol. The zero-order valence-corrected chi connectivity index (χ0v) is 11.5. The maximum atomic E-state index is 12.1. The van der Waals surface area contributed by atoms with Crippen LogP contribution in [0.3, 0.4) is 0 Å². The fourth-order valence-electron chi connectivity index (χ4n) is 2.24. The summed E-state index contributed by atoms with van der Waals surface area (Å²) in [5, 5.41) is 2.84. The molecule has 1 N–H and O–H groups in total. The van der Waals surface area contributed by atoms with Gasteiger partial charge in [0.05, 0.1) is 17.5 Å². The van der Waals surface area contributed by atoms with E-state index in [0.717, 1.165) is 22.7 Å². The first-order chi connectivity index (χ1) is 8.61. The van der Waals surface area contributed by atoms with E-state index in [2.05, 4.69) is 5.32 Å². The van der Waals surface area contributed by atoms with Crippen molar-refractivity contribution in [3.05, 3.63) is 21.9 Å². The molecule has 0 saturated carbocycles. The fraction of sp³-hybridized carbons (Fsp3) is 0.538. The molecule has 18 heavy (non-hydrogen) atoms. The van der Waals surface area contributed by atoms with E-state index in [4.69, 9.17) is 0 Å². The van der Waals surface area contributed by atoms with E-state index >= 15 is 0 Å². The normalized spacial score (nSPS) is 20.8. The molecule has 2 heterocycles. The number of aryl methyl sites for hydroxylation is 1. The summed E-state index contributed by atoms with van der Waals surface area (Å²) in [5.41, 5.74) is 0. The lowest BCUT2D eigenvalue weighted by Crippen LogP contribution is -2.56. The number of ketones is 1. The lowest BCUT2D eigenvalue weighted by Gasteiger charge is -2.33. The molecule has 1 unspecified atom stereocenters.